The van der Waals surface area contributed by atoms with Gasteiger partial charge >= 0.3 is 0 Å². The van der Waals surface area contributed by atoms with E-state index in [2.05, 4.69) is 16.9 Å². The molecule has 0 aliphatic carbocycles. The molecular weight excluding hydrogens is 210 g/mol. The largest absolute Gasteiger partial charge is 0.369 e. The number of aromatic amines is 1. The van der Waals surface area contributed by atoms with Gasteiger partial charge in [-0.05, 0) is 12.8 Å². The maximum absolute atomic E-state index is 5.52. The molecule has 3 nitrogen and oxygen atoms in total. The van der Waals surface area contributed by atoms with Crippen molar-refractivity contribution in [2.45, 2.75) is 71.1 Å². The van der Waals surface area contributed by atoms with Crippen LogP contribution in [0.3, 0.4) is 0 Å². The van der Waals surface area contributed by atoms with Crippen molar-refractivity contribution in [1.29, 1.82) is 0 Å². The Labute approximate surface area is 105 Å². The SMILES string of the molecule is CCCCCCCCCCCc1c[nH]c(N)n1. The van der Waals surface area contributed by atoms with E-state index in [-0.39, 0.29) is 0 Å². The Hall–Kier alpha value is -0.990. The molecule has 0 amide bonds. The van der Waals surface area contributed by atoms with Crippen LogP contribution in [0.1, 0.15) is 70.4 Å². The molecule has 0 radical (unpaired) electrons. The highest BCUT2D eigenvalue weighted by atomic mass is 15.0. The highest BCUT2D eigenvalue weighted by Gasteiger charge is 1.97. The number of nitrogens with one attached hydrogen (secondary N) is 1. The summed E-state index contributed by atoms with van der Waals surface area (Å²) in [5, 5.41) is 0. The molecule has 0 spiro atoms. The summed E-state index contributed by atoms with van der Waals surface area (Å²) >= 11 is 0. The van der Waals surface area contributed by atoms with Gasteiger partial charge in [0.15, 0.2) is 5.95 Å². The van der Waals surface area contributed by atoms with Gasteiger partial charge in [0.25, 0.3) is 0 Å². The van der Waals surface area contributed by atoms with Gasteiger partial charge in [-0.25, -0.2) is 4.98 Å². The third-order valence-corrected chi connectivity index (χ3v) is 3.19. The van der Waals surface area contributed by atoms with Crippen LogP contribution in [0, 0.1) is 0 Å². The first-order valence-corrected chi connectivity index (χ1v) is 7.12. The molecule has 0 saturated heterocycles. The van der Waals surface area contributed by atoms with E-state index < -0.39 is 0 Å². The summed E-state index contributed by atoms with van der Waals surface area (Å²) in [7, 11) is 0. The number of unbranched alkanes of at least 4 members (excludes halogenated alkanes) is 8. The first-order chi connectivity index (χ1) is 8.33. The van der Waals surface area contributed by atoms with E-state index in [0.29, 0.717) is 5.95 Å². The molecule has 0 aliphatic rings. The summed E-state index contributed by atoms with van der Waals surface area (Å²) in [6.45, 7) is 2.27. The third-order valence-electron chi connectivity index (χ3n) is 3.19. The van der Waals surface area contributed by atoms with Gasteiger partial charge in [-0.3, -0.25) is 0 Å². The fraction of sp³-hybridized carbons (Fsp3) is 0.786. The molecule has 3 heteroatoms. The lowest BCUT2D eigenvalue weighted by Gasteiger charge is -2.01. The van der Waals surface area contributed by atoms with Crippen molar-refractivity contribution < 1.29 is 0 Å². The molecule has 0 aromatic carbocycles. The lowest BCUT2D eigenvalue weighted by atomic mass is 10.1. The second kappa shape index (κ2) is 9.08. The summed E-state index contributed by atoms with van der Waals surface area (Å²) in [6.07, 6.45) is 15.3. The molecule has 1 rings (SSSR count). The standard InChI is InChI=1S/C14H27N3/c1-2-3-4-5-6-7-8-9-10-11-13-12-16-14(15)17-13/h12H,2-11H2,1H3,(H3,15,16,17). The lowest BCUT2D eigenvalue weighted by Crippen LogP contribution is -1.89. The molecule has 0 saturated carbocycles. The summed E-state index contributed by atoms with van der Waals surface area (Å²) in [4.78, 5) is 7.12. The number of rotatable bonds is 10. The average Bonchev–Trinajstić information content (AvgIpc) is 2.73. The number of nitrogens with zero attached hydrogens (tertiary/aromatic N) is 1. The fourth-order valence-corrected chi connectivity index (χ4v) is 2.12. The normalized spacial score (nSPS) is 10.9. The van der Waals surface area contributed by atoms with Gasteiger partial charge in [0, 0.05) is 6.20 Å². The monoisotopic (exact) mass is 237 g/mol. The number of hydrogen-bond donors (Lipinski definition) is 2. The third kappa shape index (κ3) is 7.03. The molecule has 0 unspecified atom stereocenters. The van der Waals surface area contributed by atoms with Crippen LogP contribution in [-0.4, -0.2) is 9.97 Å². The Kier molecular flexibility index (Phi) is 7.52. The number of aryl methyl sites for hydroxylation is 1. The van der Waals surface area contributed by atoms with Crippen molar-refractivity contribution in [2.24, 2.45) is 0 Å². The van der Waals surface area contributed by atoms with Gasteiger partial charge in [-0.1, -0.05) is 58.3 Å². The summed E-state index contributed by atoms with van der Waals surface area (Å²) in [6, 6.07) is 0. The molecule has 0 atom stereocenters. The van der Waals surface area contributed by atoms with Crippen LogP contribution >= 0.6 is 0 Å². The number of anilines is 1. The molecule has 0 bridgehead atoms. The van der Waals surface area contributed by atoms with Crippen LogP contribution in [0.15, 0.2) is 6.20 Å². The topological polar surface area (TPSA) is 54.7 Å². The summed E-state index contributed by atoms with van der Waals surface area (Å²) < 4.78 is 0. The van der Waals surface area contributed by atoms with Crippen LogP contribution < -0.4 is 5.73 Å². The zero-order valence-corrected chi connectivity index (χ0v) is 11.2. The van der Waals surface area contributed by atoms with Gasteiger partial charge < -0.3 is 10.7 Å². The van der Waals surface area contributed by atoms with Crippen molar-refractivity contribution in [1.82, 2.24) is 9.97 Å². The number of H-pyrrole nitrogens is 1. The number of aromatic nitrogens is 2. The van der Waals surface area contributed by atoms with E-state index in [0.717, 1.165) is 12.1 Å². The molecule has 98 valence electrons. The Balaban J connectivity index is 1.84. The maximum atomic E-state index is 5.52. The molecule has 1 aromatic rings. The minimum Gasteiger partial charge on any atom is -0.369 e. The molecule has 17 heavy (non-hydrogen) atoms. The minimum absolute atomic E-state index is 0.538. The Morgan fingerprint density at radius 2 is 1.59 bits per heavy atom. The second-order valence-corrected chi connectivity index (χ2v) is 4.86. The van der Waals surface area contributed by atoms with E-state index in [4.69, 9.17) is 5.73 Å². The number of imidazole rings is 1. The van der Waals surface area contributed by atoms with Gasteiger partial charge in [-0.15, -0.1) is 0 Å². The predicted octanol–water partition coefficient (Wildman–Crippen LogP) is 4.07. The molecule has 0 aliphatic heterocycles. The highest BCUT2D eigenvalue weighted by molar-refractivity contribution is 5.18. The quantitative estimate of drug-likeness (QED) is 0.603. The smallest absolute Gasteiger partial charge is 0.197 e. The Morgan fingerprint density at radius 1 is 1.00 bits per heavy atom. The van der Waals surface area contributed by atoms with Crippen molar-refractivity contribution in [3.8, 4) is 0 Å². The van der Waals surface area contributed by atoms with Crippen molar-refractivity contribution in [3.05, 3.63) is 11.9 Å². The highest BCUT2D eigenvalue weighted by Crippen LogP contribution is 2.11. The second-order valence-electron chi connectivity index (χ2n) is 4.86. The Bertz CT molecular complexity index is 281. The number of nitrogens with two attached hydrogens (primary N) is 1. The first-order valence-electron chi connectivity index (χ1n) is 7.12. The van der Waals surface area contributed by atoms with E-state index in [1.54, 1.807) is 0 Å². The minimum atomic E-state index is 0.538. The van der Waals surface area contributed by atoms with E-state index in [1.807, 2.05) is 6.20 Å². The van der Waals surface area contributed by atoms with Gasteiger partial charge in [0.05, 0.1) is 5.69 Å². The zero-order valence-electron chi connectivity index (χ0n) is 11.2. The van der Waals surface area contributed by atoms with Crippen LogP contribution in [0.25, 0.3) is 0 Å². The number of hydrogen-bond acceptors (Lipinski definition) is 2. The first kappa shape index (κ1) is 14.1. The molecule has 1 aromatic heterocycles. The van der Waals surface area contributed by atoms with Crippen LogP contribution in [0.4, 0.5) is 5.95 Å². The zero-order chi connectivity index (χ0) is 12.3. The predicted molar refractivity (Wildman–Crippen MR) is 73.9 cm³/mol. The Morgan fingerprint density at radius 3 is 2.12 bits per heavy atom. The van der Waals surface area contributed by atoms with Crippen molar-refractivity contribution in [2.75, 3.05) is 5.73 Å². The van der Waals surface area contributed by atoms with Crippen molar-refractivity contribution >= 4 is 5.95 Å². The van der Waals surface area contributed by atoms with Gasteiger partial charge in [0.2, 0.25) is 0 Å². The van der Waals surface area contributed by atoms with Crippen LogP contribution in [0.2, 0.25) is 0 Å². The van der Waals surface area contributed by atoms with E-state index >= 15 is 0 Å². The van der Waals surface area contributed by atoms with Gasteiger partial charge in [-0.2, -0.15) is 0 Å². The lowest BCUT2D eigenvalue weighted by molar-refractivity contribution is 0.564. The van der Waals surface area contributed by atoms with E-state index in [1.165, 1.54) is 57.8 Å². The fourth-order valence-electron chi connectivity index (χ4n) is 2.12. The molecular formula is C14H27N3. The molecule has 1 heterocycles. The van der Waals surface area contributed by atoms with Gasteiger partial charge in [0.1, 0.15) is 0 Å². The summed E-state index contributed by atoms with van der Waals surface area (Å²) in [5.74, 6) is 0.538. The maximum Gasteiger partial charge on any atom is 0.197 e. The average molecular weight is 237 g/mol. The summed E-state index contributed by atoms with van der Waals surface area (Å²) in [5.41, 5.74) is 6.62. The number of nitrogen functional groups attached to an aromatic ring is 1. The van der Waals surface area contributed by atoms with Crippen LogP contribution in [-0.2, 0) is 6.42 Å². The van der Waals surface area contributed by atoms with E-state index in [9.17, 15) is 0 Å². The molecule has 0 fully saturated rings. The van der Waals surface area contributed by atoms with Crippen LogP contribution in [0.5, 0.6) is 0 Å². The molecule has 3 N–H and O–H groups in total. The van der Waals surface area contributed by atoms with Crippen molar-refractivity contribution in [3.63, 3.8) is 0 Å².